The molecule has 4 saturated carbocycles. The fourth-order valence-electron chi connectivity index (χ4n) is 8.41. The summed E-state index contributed by atoms with van der Waals surface area (Å²) >= 11 is 3.56. The van der Waals surface area contributed by atoms with E-state index in [1.807, 2.05) is 41.6 Å². The van der Waals surface area contributed by atoms with E-state index in [9.17, 15) is 0 Å². The van der Waals surface area contributed by atoms with Crippen LogP contribution in [0, 0.1) is 23.7 Å². The van der Waals surface area contributed by atoms with Gasteiger partial charge in [0.25, 0.3) is 0 Å². The molecule has 0 radical (unpaired) electrons. The fourth-order valence-corrected chi connectivity index (χ4v) is 8.80. The molecule has 6 heterocycles. The number of nitrogens with zero attached hydrogens (tertiary/aromatic N) is 8. The Bertz CT molecular complexity index is 2950. The van der Waals surface area contributed by atoms with Gasteiger partial charge < -0.3 is 25.7 Å². The van der Waals surface area contributed by atoms with Crippen molar-refractivity contribution in [1.29, 1.82) is 0 Å². The van der Waals surface area contributed by atoms with E-state index in [4.69, 9.17) is 5.11 Å². The summed E-state index contributed by atoms with van der Waals surface area (Å²) in [7, 11) is 0. The molecule has 12 rings (SSSR count). The number of benzene rings is 2. The number of anilines is 2. The minimum atomic E-state index is -0.196. The van der Waals surface area contributed by atoms with Gasteiger partial charge in [0.05, 0.1) is 47.6 Å². The monoisotopic (exact) mass is 900 g/mol. The van der Waals surface area contributed by atoms with Crippen LogP contribution in [0.25, 0.3) is 56.3 Å². The van der Waals surface area contributed by atoms with Crippen LogP contribution in [0.15, 0.2) is 90.3 Å². The Hall–Kier alpha value is -6.30. The lowest BCUT2D eigenvalue weighted by atomic mass is 9.85. The lowest BCUT2D eigenvalue weighted by Gasteiger charge is -2.25. The van der Waals surface area contributed by atoms with Gasteiger partial charge in [-0.05, 0) is 96.2 Å². The number of H-pyrrole nitrogens is 2. The van der Waals surface area contributed by atoms with Crippen molar-refractivity contribution in [3.05, 3.63) is 108 Å². The molecule has 8 aromatic rings. The van der Waals surface area contributed by atoms with Gasteiger partial charge in [-0.3, -0.25) is 8.80 Å². The van der Waals surface area contributed by atoms with Crippen LogP contribution in [0.2, 0.25) is 0 Å². The Balaban J connectivity index is 0.000000142. The third kappa shape index (κ3) is 8.47. The van der Waals surface area contributed by atoms with E-state index in [1.54, 1.807) is 0 Å². The summed E-state index contributed by atoms with van der Waals surface area (Å²) in [5, 5.41) is 16.1. The number of fused-ring (bicyclic) bond motifs is 2. The predicted molar refractivity (Wildman–Crippen MR) is 249 cm³/mol. The summed E-state index contributed by atoms with van der Waals surface area (Å²) in [5.74, 6) is 12.2. The second kappa shape index (κ2) is 17.1. The zero-order valence-electron chi connectivity index (χ0n) is 35.0. The number of aliphatic hydroxyl groups excluding tert-OH is 1. The van der Waals surface area contributed by atoms with Crippen LogP contribution in [-0.2, 0) is 0 Å². The molecule has 2 aromatic carbocycles. The van der Waals surface area contributed by atoms with Gasteiger partial charge in [-0.15, -0.1) is 0 Å². The molecule has 0 bridgehead atoms. The van der Waals surface area contributed by atoms with E-state index in [1.165, 1.54) is 64.2 Å². The molecular formula is C49H49BrN12O. The molecule has 0 unspecified atom stereocenters. The number of halogens is 1. The number of aliphatic hydroxyl groups is 1. The highest BCUT2D eigenvalue weighted by molar-refractivity contribution is 9.10. The second-order valence-corrected chi connectivity index (χ2v) is 18.3. The minimum Gasteiger partial charge on any atom is -0.384 e. The lowest BCUT2D eigenvalue weighted by molar-refractivity contribution is 0.333. The maximum Gasteiger partial charge on any atom is 0.180 e. The van der Waals surface area contributed by atoms with Gasteiger partial charge >= 0.3 is 0 Å². The first-order valence-electron chi connectivity index (χ1n) is 22.3. The molecule has 4 fully saturated rings. The number of hydrogen-bond acceptors (Lipinski definition) is 9. The van der Waals surface area contributed by atoms with Gasteiger partial charge in [0, 0.05) is 48.4 Å². The Labute approximate surface area is 373 Å². The highest BCUT2D eigenvalue weighted by atomic mass is 79.9. The molecule has 0 amide bonds. The summed E-state index contributed by atoms with van der Waals surface area (Å²) in [6, 6.07) is 17.0. The van der Waals surface area contributed by atoms with Crippen LogP contribution in [0.4, 0.5) is 11.6 Å². The van der Waals surface area contributed by atoms with Gasteiger partial charge in [0.2, 0.25) is 0 Å². The maximum absolute atomic E-state index is 9.13. The summed E-state index contributed by atoms with van der Waals surface area (Å²) in [5.41, 5.74) is 10.9. The lowest BCUT2D eigenvalue weighted by Crippen LogP contribution is -2.21. The van der Waals surface area contributed by atoms with Crippen molar-refractivity contribution >= 4 is 38.9 Å². The highest BCUT2D eigenvalue weighted by Gasteiger charge is 2.28. The smallest absolute Gasteiger partial charge is 0.180 e. The van der Waals surface area contributed by atoms with Crippen molar-refractivity contribution in [3.63, 3.8) is 0 Å². The third-order valence-electron chi connectivity index (χ3n) is 12.9. The third-order valence-corrected chi connectivity index (χ3v) is 13.3. The van der Waals surface area contributed by atoms with Crippen molar-refractivity contribution in [2.24, 2.45) is 11.8 Å². The van der Waals surface area contributed by atoms with Crippen molar-refractivity contribution in [2.45, 2.75) is 76.0 Å². The van der Waals surface area contributed by atoms with E-state index < -0.39 is 0 Å². The zero-order valence-corrected chi connectivity index (χ0v) is 36.6. The van der Waals surface area contributed by atoms with Gasteiger partial charge in [-0.25, -0.2) is 29.9 Å². The van der Waals surface area contributed by atoms with E-state index in [0.29, 0.717) is 23.4 Å². The number of nitrogens with one attached hydrogen (secondary N) is 4. The van der Waals surface area contributed by atoms with Crippen molar-refractivity contribution in [1.82, 2.24) is 48.7 Å². The van der Waals surface area contributed by atoms with E-state index in [2.05, 4.69) is 131 Å². The molecule has 0 atom stereocenters. The number of aromatic nitrogens is 10. The quantitative estimate of drug-likeness (QED) is 0.0752. The van der Waals surface area contributed by atoms with Gasteiger partial charge in [0.1, 0.15) is 28.6 Å². The number of hydrogen-bond donors (Lipinski definition) is 5. The first kappa shape index (κ1) is 39.5. The average Bonchev–Trinajstić information content (AvgIpc) is 4.07. The van der Waals surface area contributed by atoms with E-state index >= 15 is 0 Å². The molecular weight excluding hydrogens is 853 g/mol. The molecule has 6 aromatic heterocycles. The van der Waals surface area contributed by atoms with E-state index in [-0.39, 0.29) is 6.61 Å². The van der Waals surface area contributed by atoms with Crippen LogP contribution in [0.5, 0.6) is 0 Å². The van der Waals surface area contributed by atoms with Crippen LogP contribution < -0.4 is 10.6 Å². The normalized spacial score (nSPS) is 16.2. The zero-order chi connectivity index (χ0) is 42.3. The molecule has 13 nitrogen and oxygen atoms in total. The first-order chi connectivity index (χ1) is 31.0. The first-order valence-corrected chi connectivity index (χ1v) is 23.1. The topological polar surface area (TPSA) is 162 Å². The van der Waals surface area contributed by atoms with E-state index in [0.717, 1.165) is 103 Å². The summed E-state index contributed by atoms with van der Waals surface area (Å²) in [6.45, 7) is 1.66. The molecule has 4 aliphatic rings. The SMILES string of the molecule is Brc1cn2c(-c3ccc(-c4cnc(C5CC5)[nH]4)cc3)cnc2c(NCC2CCC2)n1.OCC#Cc1cn2c(-c3ccc(-c4cnc(C5CC5)[nH]4)cc3)cnc2c(NCC2CCC2)n1. The van der Waals surface area contributed by atoms with Gasteiger partial charge in [-0.1, -0.05) is 67.3 Å². The highest BCUT2D eigenvalue weighted by Crippen LogP contribution is 2.40. The molecule has 318 valence electrons. The molecule has 0 aliphatic heterocycles. The van der Waals surface area contributed by atoms with Crippen molar-refractivity contribution in [3.8, 4) is 56.9 Å². The molecule has 14 heteroatoms. The summed E-state index contributed by atoms with van der Waals surface area (Å²) in [4.78, 5) is 34.6. The molecule has 4 aliphatic carbocycles. The van der Waals surface area contributed by atoms with Crippen molar-refractivity contribution in [2.75, 3.05) is 30.3 Å². The minimum absolute atomic E-state index is 0.196. The molecule has 5 N–H and O–H groups in total. The van der Waals surface area contributed by atoms with Crippen LogP contribution >= 0.6 is 15.9 Å². The number of aromatic amines is 2. The van der Waals surface area contributed by atoms with Gasteiger partial charge in [-0.2, -0.15) is 0 Å². The Morgan fingerprint density at radius 3 is 1.54 bits per heavy atom. The van der Waals surface area contributed by atoms with Gasteiger partial charge in [0.15, 0.2) is 22.9 Å². The molecule has 0 spiro atoms. The van der Waals surface area contributed by atoms with Crippen LogP contribution in [0.3, 0.4) is 0 Å². The van der Waals surface area contributed by atoms with Crippen molar-refractivity contribution < 1.29 is 5.11 Å². The fraction of sp³-hybridized carbons (Fsp3) is 0.347. The van der Waals surface area contributed by atoms with Crippen LogP contribution in [-0.4, -0.2) is 73.5 Å². The number of rotatable bonds is 12. The second-order valence-electron chi connectivity index (χ2n) is 17.4. The Morgan fingerprint density at radius 2 is 1.08 bits per heavy atom. The maximum atomic E-state index is 9.13. The average molecular weight is 902 g/mol. The molecule has 0 saturated heterocycles. The Morgan fingerprint density at radius 1 is 0.603 bits per heavy atom. The number of imidazole rings is 4. The predicted octanol–water partition coefficient (Wildman–Crippen LogP) is 9.86. The standard InChI is InChI=1S/C26H26N6O.C23H23BrN6/c33-12-2-5-21-16-32-23(15-29-26(32)25(30-21)27-13-17-3-1-4-17)19-8-6-18(7-9-19)22-14-28-24(31-22)20-10-11-20;24-20-13-30-19(12-27-23(30)22(29-20)25-10-14-2-1-3-14)16-6-4-15(5-7-16)18-11-26-21(28-18)17-8-9-17/h6-9,14-17,20,33H,1,3-4,10-13H2,(H,27,30)(H,28,31);4-7,11-14,17H,1-3,8-10H2,(H,25,29)(H,26,28). The molecule has 63 heavy (non-hydrogen) atoms. The summed E-state index contributed by atoms with van der Waals surface area (Å²) < 4.78 is 4.94. The largest absolute Gasteiger partial charge is 0.384 e. The summed E-state index contributed by atoms with van der Waals surface area (Å²) in [6.07, 6.45) is 24.3. The Kier molecular flexibility index (Phi) is 10.7. The van der Waals surface area contributed by atoms with Crippen LogP contribution in [0.1, 0.15) is 93.4 Å².